The number of nitrogens with zero attached hydrogens (tertiary/aromatic N) is 1. The van der Waals surface area contributed by atoms with Gasteiger partial charge in [-0.15, -0.1) is 0 Å². The Bertz CT molecular complexity index is 964. The molecule has 5 nitrogen and oxygen atoms in total. The Balaban J connectivity index is 2.03. The number of anilines is 4. The number of nitrogen functional groups attached to an aromatic ring is 1. The Morgan fingerprint density at radius 1 is 0.917 bits per heavy atom. The lowest BCUT2D eigenvalue weighted by Crippen LogP contribution is -2.26. The normalized spacial score (nSPS) is 14.2. The zero-order valence-corrected chi connectivity index (χ0v) is 12.8. The first-order chi connectivity index (χ1) is 11.6. The first-order valence-electron chi connectivity index (χ1n) is 7.63. The molecule has 1 aliphatic rings. The highest BCUT2D eigenvalue weighted by Gasteiger charge is 2.29. The van der Waals surface area contributed by atoms with Gasteiger partial charge < -0.3 is 11.1 Å². The molecular formula is C19H15N3O2. The maximum absolute atomic E-state index is 12.8. The average Bonchev–Trinajstić information content (AvgIpc) is 2.70. The minimum absolute atomic E-state index is 0.201. The van der Waals surface area contributed by atoms with Gasteiger partial charge in [0, 0.05) is 16.8 Å². The summed E-state index contributed by atoms with van der Waals surface area (Å²) < 4.78 is 0. The van der Waals surface area contributed by atoms with Crippen molar-refractivity contribution in [3.05, 3.63) is 60.7 Å². The monoisotopic (exact) mass is 317 g/mol. The lowest BCUT2D eigenvalue weighted by molar-refractivity contribution is -0.124. The van der Waals surface area contributed by atoms with E-state index in [4.69, 9.17) is 5.73 Å². The fraction of sp³-hybridized carbons (Fsp3) is 0.0526. The second-order valence-electron chi connectivity index (χ2n) is 5.73. The van der Waals surface area contributed by atoms with Gasteiger partial charge in [-0.25, -0.2) is 0 Å². The Kier molecular flexibility index (Phi) is 3.20. The lowest BCUT2D eigenvalue weighted by atomic mass is 10.1. The Labute approximate surface area is 138 Å². The number of carbonyl (C=O) groups excluding carboxylic acids is 2. The fourth-order valence-electron chi connectivity index (χ4n) is 3.03. The molecule has 1 aliphatic heterocycles. The number of nitrogens with two attached hydrogens (primary N) is 1. The highest BCUT2D eigenvalue weighted by Crippen LogP contribution is 2.40. The molecule has 0 unspecified atom stereocenters. The zero-order chi connectivity index (χ0) is 16.7. The Morgan fingerprint density at radius 2 is 1.67 bits per heavy atom. The molecule has 0 bridgehead atoms. The van der Waals surface area contributed by atoms with Gasteiger partial charge in [-0.1, -0.05) is 30.3 Å². The van der Waals surface area contributed by atoms with Gasteiger partial charge in [0.2, 0.25) is 11.8 Å². The summed E-state index contributed by atoms with van der Waals surface area (Å²) in [5, 5.41) is 4.74. The highest BCUT2D eigenvalue weighted by atomic mass is 16.2. The van der Waals surface area contributed by atoms with E-state index in [0.29, 0.717) is 22.7 Å². The Morgan fingerprint density at radius 3 is 2.46 bits per heavy atom. The number of carbonyl (C=O) groups is 2. The van der Waals surface area contributed by atoms with Gasteiger partial charge >= 0.3 is 0 Å². The third kappa shape index (κ3) is 2.27. The fourth-order valence-corrected chi connectivity index (χ4v) is 3.03. The van der Waals surface area contributed by atoms with Crippen molar-refractivity contribution >= 4 is 45.3 Å². The molecule has 5 heteroatoms. The maximum atomic E-state index is 12.8. The van der Waals surface area contributed by atoms with Crippen LogP contribution in [0.1, 0.15) is 6.42 Å². The van der Waals surface area contributed by atoms with Crippen molar-refractivity contribution in [1.82, 2.24) is 0 Å². The summed E-state index contributed by atoms with van der Waals surface area (Å²) in [5.74, 6) is -0.582. The molecule has 118 valence electrons. The summed E-state index contributed by atoms with van der Waals surface area (Å²) in [6, 6.07) is 18.6. The summed E-state index contributed by atoms with van der Waals surface area (Å²) in [4.78, 5) is 26.4. The van der Waals surface area contributed by atoms with Crippen molar-refractivity contribution in [3.8, 4) is 0 Å². The Hall–Kier alpha value is -3.34. The van der Waals surface area contributed by atoms with E-state index in [2.05, 4.69) is 5.32 Å². The molecule has 0 aromatic heterocycles. The number of amides is 2. The van der Waals surface area contributed by atoms with E-state index in [0.717, 1.165) is 10.8 Å². The van der Waals surface area contributed by atoms with Crippen LogP contribution >= 0.6 is 0 Å². The van der Waals surface area contributed by atoms with Crippen molar-refractivity contribution in [2.75, 3.05) is 16.0 Å². The third-order valence-electron chi connectivity index (χ3n) is 4.11. The first kappa shape index (κ1) is 14.3. The van der Waals surface area contributed by atoms with Crippen LogP contribution < -0.4 is 16.0 Å². The molecule has 0 saturated carbocycles. The van der Waals surface area contributed by atoms with Crippen LogP contribution in [0.25, 0.3) is 10.8 Å². The molecule has 1 heterocycles. The minimum atomic E-state index is -0.311. The largest absolute Gasteiger partial charge is 0.399 e. The predicted molar refractivity (Wildman–Crippen MR) is 95.2 cm³/mol. The van der Waals surface area contributed by atoms with Gasteiger partial charge in [-0.3, -0.25) is 14.5 Å². The second-order valence-corrected chi connectivity index (χ2v) is 5.73. The minimum Gasteiger partial charge on any atom is -0.399 e. The number of hydrogen-bond acceptors (Lipinski definition) is 3. The van der Waals surface area contributed by atoms with Crippen LogP contribution in [-0.4, -0.2) is 11.8 Å². The van der Waals surface area contributed by atoms with Crippen molar-refractivity contribution in [1.29, 1.82) is 0 Å². The number of benzene rings is 3. The predicted octanol–water partition coefficient (Wildman–Crippen LogP) is 3.43. The molecule has 4 rings (SSSR count). The SMILES string of the molecule is Nc1ccc(N2C(=O)CC(=O)Nc3ccc4ccccc4c32)cc1. The van der Waals surface area contributed by atoms with E-state index < -0.39 is 0 Å². The van der Waals surface area contributed by atoms with Gasteiger partial charge in [0.15, 0.2) is 0 Å². The average molecular weight is 317 g/mol. The van der Waals surface area contributed by atoms with Gasteiger partial charge in [-0.2, -0.15) is 0 Å². The molecule has 3 aromatic rings. The van der Waals surface area contributed by atoms with E-state index in [1.165, 1.54) is 0 Å². The van der Waals surface area contributed by atoms with Crippen molar-refractivity contribution in [2.24, 2.45) is 0 Å². The maximum Gasteiger partial charge on any atom is 0.241 e. The van der Waals surface area contributed by atoms with Gasteiger partial charge in [0.05, 0.1) is 11.4 Å². The topological polar surface area (TPSA) is 75.4 Å². The molecule has 0 atom stereocenters. The highest BCUT2D eigenvalue weighted by molar-refractivity contribution is 6.21. The summed E-state index contributed by atoms with van der Waals surface area (Å²) in [7, 11) is 0. The summed E-state index contributed by atoms with van der Waals surface area (Å²) in [5.41, 5.74) is 8.38. The standard InChI is InChI=1S/C19H15N3O2/c20-13-6-8-14(9-7-13)22-18(24)11-17(23)21-16-10-5-12-3-1-2-4-15(12)19(16)22/h1-10H,11,20H2,(H,21,23). The smallest absolute Gasteiger partial charge is 0.241 e. The molecule has 3 aromatic carbocycles. The van der Waals surface area contributed by atoms with E-state index in [9.17, 15) is 9.59 Å². The molecule has 0 spiro atoms. The summed E-state index contributed by atoms with van der Waals surface area (Å²) in [6.45, 7) is 0. The van der Waals surface area contributed by atoms with Crippen molar-refractivity contribution < 1.29 is 9.59 Å². The molecule has 24 heavy (non-hydrogen) atoms. The lowest BCUT2D eigenvalue weighted by Gasteiger charge is -2.24. The third-order valence-corrected chi connectivity index (χ3v) is 4.11. The van der Waals surface area contributed by atoms with E-state index >= 15 is 0 Å². The van der Waals surface area contributed by atoms with Crippen molar-refractivity contribution in [2.45, 2.75) is 6.42 Å². The number of rotatable bonds is 1. The molecular weight excluding hydrogens is 302 g/mol. The first-order valence-corrected chi connectivity index (χ1v) is 7.63. The van der Waals surface area contributed by atoms with Gasteiger partial charge in [-0.05, 0) is 35.7 Å². The van der Waals surface area contributed by atoms with Crippen LogP contribution in [0, 0.1) is 0 Å². The quantitative estimate of drug-likeness (QED) is 0.533. The van der Waals surface area contributed by atoms with Crippen LogP contribution in [0.4, 0.5) is 22.7 Å². The molecule has 2 amide bonds. The number of fused-ring (bicyclic) bond motifs is 3. The second kappa shape index (κ2) is 5.38. The van der Waals surface area contributed by atoms with E-state index in [1.807, 2.05) is 36.4 Å². The molecule has 0 radical (unpaired) electrons. The molecule has 0 fully saturated rings. The van der Waals surface area contributed by atoms with Crippen LogP contribution in [0.2, 0.25) is 0 Å². The van der Waals surface area contributed by atoms with Crippen LogP contribution in [0.5, 0.6) is 0 Å². The van der Waals surface area contributed by atoms with Gasteiger partial charge in [0.25, 0.3) is 0 Å². The van der Waals surface area contributed by atoms with Gasteiger partial charge in [0.1, 0.15) is 6.42 Å². The summed E-state index contributed by atoms with van der Waals surface area (Å²) in [6.07, 6.45) is -0.201. The molecule has 0 aliphatic carbocycles. The molecule has 3 N–H and O–H groups in total. The number of hydrogen-bond donors (Lipinski definition) is 2. The molecule has 0 saturated heterocycles. The zero-order valence-electron chi connectivity index (χ0n) is 12.8. The van der Waals surface area contributed by atoms with E-state index in [-0.39, 0.29) is 18.2 Å². The van der Waals surface area contributed by atoms with Crippen LogP contribution in [0.15, 0.2) is 60.7 Å². The summed E-state index contributed by atoms with van der Waals surface area (Å²) >= 11 is 0. The van der Waals surface area contributed by atoms with Crippen molar-refractivity contribution in [3.63, 3.8) is 0 Å². The number of nitrogens with one attached hydrogen (secondary N) is 1. The van der Waals surface area contributed by atoms with Crippen LogP contribution in [-0.2, 0) is 9.59 Å². The van der Waals surface area contributed by atoms with E-state index in [1.54, 1.807) is 29.2 Å². The van der Waals surface area contributed by atoms with Crippen LogP contribution in [0.3, 0.4) is 0 Å².